The Morgan fingerprint density at radius 2 is 1.36 bits per heavy atom. The lowest BCUT2D eigenvalue weighted by Gasteiger charge is -2.34. The topological polar surface area (TPSA) is 40.6 Å². The van der Waals surface area contributed by atoms with E-state index in [0.717, 1.165) is 16.3 Å². The van der Waals surface area contributed by atoms with Crippen LogP contribution in [0.2, 0.25) is 0 Å². The quantitative estimate of drug-likeness (QED) is 0.658. The van der Waals surface area contributed by atoms with Crippen molar-refractivity contribution in [1.82, 2.24) is 9.80 Å². The van der Waals surface area contributed by atoms with Crippen LogP contribution in [0.3, 0.4) is 0 Å². The minimum absolute atomic E-state index is 0.0141. The van der Waals surface area contributed by atoms with Crippen molar-refractivity contribution in [1.29, 1.82) is 0 Å². The monoisotopic (exact) mass is 370 g/mol. The second kappa shape index (κ2) is 8.09. The molecular formula is C24H22N2O2. The summed E-state index contributed by atoms with van der Waals surface area (Å²) in [4.78, 5) is 28.7. The molecule has 3 aromatic rings. The van der Waals surface area contributed by atoms with Crippen LogP contribution < -0.4 is 0 Å². The number of fused-ring (bicyclic) bond motifs is 1. The molecular weight excluding hydrogens is 348 g/mol. The van der Waals surface area contributed by atoms with Crippen LogP contribution in [-0.4, -0.2) is 47.8 Å². The number of carbonyl (C=O) groups excluding carboxylic acids is 2. The van der Waals surface area contributed by atoms with Crippen molar-refractivity contribution >= 4 is 28.7 Å². The fourth-order valence-electron chi connectivity index (χ4n) is 3.56. The molecule has 140 valence electrons. The molecule has 28 heavy (non-hydrogen) atoms. The molecule has 3 aromatic carbocycles. The number of piperazine rings is 1. The highest BCUT2D eigenvalue weighted by atomic mass is 16.2. The molecule has 0 radical (unpaired) electrons. The number of hydrogen-bond donors (Lipinski definition) is 0. The maximum atomic E-state index is 12.6. The van der Waals surface area contributed by atoms with E-state index in [-0.39, 0.29) is 11.8 Å². The van der Waals surface area contributed by atoms with Crippen molar-refractivity contribution in [3.63, 3.8) is 0 Å². The number of amides is 2. The van der Waals surface area contributed by atoms with Gasteiger partial charge >= 0.3 is 0 Å². The summed E-state index contributed by atoms with van der Waals surface area (Å²) in [5.41, 5.74) is 1.72. The molecule has 0 bridgehead atoms. The first kappa shape index (κ1) is 18.0. The number of benzene rings is 3. The lowest BCUT2D eigenvalue weighted by Crippen LogP contribution is -2.50. The predicted molar refractivity (Wildman–Crippen MR) is 112 cm³/mol. The van der Waals surface area contributed by atoms with Gasteiger partial charge in [-0.05, 0) is 34.5 Å². The maximum Gasteiger partial charge on any atom is 0.253 e. The van der Waals surface area contributed by atoms with E-state index in [0.29, 0.717) is 31.7 Å². The molecule has 4 nitrogen and oxygen atoms in total. The minimum atomic E-state index is -0.0141. The lowest BCUT2D eigenvalue weighted by molar-refractivity contribution is -0.127. The summed E-state index contributed by atoms with van der Waals surface area (Å²) in [7, 11) is 0. The molecule has 0 spiro atoms. The Morgan fingerprint density at radius 1 is 0.714 bits per heavy atom. The van der Waals surface area contributed by atoms with E-state index in [4.69, 9.17) is 0 Å². The first-order chi connectivity index (χ1) is 13.7. The SMILES string of the molecule is O=C(/C=C/c1cccc2ccccc12)N1CCN(C(=O)c2ccccc2)CC1. The summed E-state index contributed by atoms with van der Waals surface area (Å²) >= 11 is 0. The molecule has 0 N–H and O–H groups in total. The third-order valence-corrected chi connectivity index (χ3v) is 5.13. The van der Waals surface area contributed by atoms with Gasteiger partial charge in [0, 0.05) is 37.8 Å². The van der Waals surface area contributed by atoms with E-state index < -0.39 is 0 Å². The van der Waals surface area contributed by atoms with Crippen molar-refractivity contribution in [2.24, 2.45) is 0 Å². The molecule has 0 atom stereocenters. The van der Waals surface area contributed by atoms with Gasteiger partial charge in [0.25, 0.3) is 5.91 Å². The Bertz CT molecular complexity index is 1010. The van der Waals surface area contributed by atoms with Gasteiger partial charge in [0.1, 0.15) is 0 Å². The lowest BCUT2D eigenvalue weighted by atomic mass is 10.0. The smallest absolute Gasteiger partial charge is 0.253 e. The summed E-state index contributed by atoms with van der Waals surface area (Å²) in [5.74, 6) is 0.0127. The molecule has 1 heterocycles. The second-order valence-electron chi connectivity index (χ2n) is 6.89. The molecule has 0 saturated carbocycles. The maximum absolute atomic E-state index is 12.6. The van der Waals surface area contributed by atoms with Gasteiger partial charge in [-0.1, -0.05) is 60.7 Å². The van der Waals surface area contributed by atoms with Crippen molar-refractivity contribution in [3.05, 3.63) is 90.0 Å². The van der Waals surface area contributed by atoms with Crippen LogP contribution in [0.1, 0.15) is 15.9 Å². The first-order valence-electron chi connectivity index (χ1n) is 9.51. The number of nitrogens with zero attached hydrogens (tertiary/aromatic N) is 2. The van der Waals surface area contributed by atoms with E-state index in [1.807, 2.05) is 65.6 Å². The van der Waals surface area contributed by atoms with Crippen LogP contribution in [0.4, 0.5) is 0 Å². The Hall–Kier alpha value is -3.40. The van der Waals surface area contributed by atoms with Crippen LogP contribution in [-0.2, 0) is 4.79 Å². The number of carbonyl (C=O) groups is 2. The molecule has 0 aliphatic carbocycles. The molecule has 4 rings (SSSR count). The van der Waals surface area contributed by atoms with Crippen LogP contribution in [0.15, 0.2) is 78.9 Å². The van der Waals surface area contributed by atoms with E-state index in [9.17, 15) is 9.59 Å². The van der Waals surface area contributed by atoms with Gasteiger partial charge in [-0.15, -0.1) is 0 Å². The third kappa shape index (κ3) is 3.81. The highest BCUT2D eigenvalue weighted by Gasteiger charge is 2.23. The van der Waals surface area contributed by atoms with E-state index in [2.05, 4.69) is 18.2 Å². The summed E-state index contributed by atoms with van der Waals surface area (Å²) < 4.78 is 0. The third-order valence-electron chi connectivity index (χ3n) is 5.13. The Morgan fingerprint density at radius 3 is 2.14 bits per heavy atom. The highest BCUT2D eigenvalue weighted by molar-refractivity contribution is 5.97. The molecule has 2 amide bonds. The molecule has 0 unspecified atom stereocenters. The zero-order chi connectivity index (χ0) is 19.3. The van der Waals surface area contributed by atoms with E-state index in [1.54, 1.807) is 11.0 Å². The largest absolute Gasteiger partial charge is 0.336 e. The van der Waals surface area contributed by atoms with Gasteiger partial charge < -0.3 is 9.80 Å². The summed E-state index contributed by atoms with van der Waals surface area (Å²) in [5, 5.41) is 2.29. The Labute approximate surface area is 164 Å². The molecule has 0 aromatic heterocycles. The molecule has 1 fully saturated rings. The van der Waals surface area contributed by atoms with Crippen LogP contribution in [0.5, 0.6) is 0 Å². The molecule has 1 aliphatic rings. The average Bonchev–Trinajstić information content (AvgIpc) is 2.77. The van der Waals surface area contributed by atoms with Gasteiger partial charge in [0.2, 0.25) is 5.91 Å². The number of rotatable bonds is 3. The highest BCUT2D eigenvalue weighted by Crippen LogP contribution is 2.19. The van der Waals surface area contributed by atoms with Gasteiger partial charge in [0.05, 0.1) is 0 Å². The van der Waals surface area contributed by atoms with Crippen molar-refractivity contribution in [2.45, 2.75) is 0 Å². The molecule has 1 saturated heterocycles. The molecule has 1 aliphatic heterocycles. The molecule has 4 heteroatoms. The number of hydrogen-bond acceptors (Lipinski definition) is 2. The normalized spacial score (nSPS) is 14.6. The van der Waals surface area contributed by atoms with Gasteiger partial charge in [0.15, 0.2) is 0 Å². The standard InChI is InChI=1S/C24H22N2O2/c27-23(14-13-20-11-6-10-19-7-4-5-12-22(19)20)25-15-17-26(18-16-25)24(28)21-8-2-1-3-9-21/h1-14H,15-18H2/b14-13+. The van der Waals surface area contributed by atoms with Crippen molar-refractivity contribution in [3.8, 4) is 0 Å². The van der Waals surface area contributed by atoms with Crippen LogP contribution in [0.25, 0.3) is 16.8 Å². The first-order valence-corrected chi connectivity index (χ1v) is 9.51. The fraction of sp³-hybridized carbons (Fsp3) is 0.167. The summed E-state index contributed by atoms with van der Waals surface area (Å²) in [6.45, 7) is 2.22. The van der Waals surface area contributed by atoms with Crippen LogP contribution >= 0.6 is 0 Å². The second-order valence-corrected chi connectivity index (χ2v) is 6.89. The van der Waals surface area contributed by atoms with E-state index >= 15 is 0 Å². The van der Waals surface area contributed by atoms with Crippen molar-refractivity contribution in [2.75, 3.05) is 26.2 Å². The van der Waals surface area contributed by atoms with Gasteiger partial charge in [-0.2, -0.15) is 0 Å². The fourth-order valence-corrected chi connectivity index (χ4v) is 3.56. The predicted octanol–water partition coefficient (Wildman–Crippen LogP) is 3.84. The van der Waals surface area contributed by atoms with Gasteiger partial charge in [-0.25, -0.2) is 0 Å². The average molecular weight is 370 g/mol. The van der Waals surface area contributed by atoms with Crippen LogP contribution in [0, 0.1) is 0 Å². The summed E-state index contributed by atoms with van der Waals surface area (Å²) in [6, 6.07) is 23.5. The Balaban J connectivity index is 1.39. The zero-order valence-corrected chi connectivity index (χ0v) is 15.6. The van der Waals surface area contributed by atoms with Gasteiger partial charge in [-0.3, -0.25) is 9.59 Å². The minimum Gasteiger partial charge on any atom is -0.336 e. The zero-order valence-electron chi connectivity index (χ0n) is 15.6. The van der Waals surface area contributed by atoms with E-state index in [1.165, 1.54) is 0 Å². The summed E-state index contributed by atoms with van der Waals surface area (Å²) in [6.07, 6.45) is 3.52. The van der Waals surface area contributed by atoms with Crippen molar-refractivity contribution < 1.29 is 9.59 Å². The Kier molecular flexibility index (Phi) is 5.20.